The maximum Gasteiger partial charge on any atom is 0.324 e. The molecule has 3 atom stereocenters. The molecule has 1 aliphatic heterocycles. The first-order chi connectivity index (χ1) is 9.29. The van der Waals surface area contributed by atoms with Gasteiger partial charge in [-0.15, -0.1) is 0 Å². The predicted octanol–water partition coefficient (Wildman–Crippen LogP) is 1.57. The summed E-state index contributed by atoms with van der Waals surface area (Å²) in [5.41, 5.74) is 5.90. The number of benzene rings is 1. The van der Waals surface area contributed by atoms with E-state index in [2.05, 4.69) is 0 Å². The van der Waals surface area contributed by atoms with E-state index in [-0.39, 0.29) is 0 Å². The van der Waals surface area contributed by atoms with E-state index in [1.165, 1.54) is 0 Å². The van der Waals surface area contributed by atoms with Crippen molar-refractivity contribution in [2.45, 2.75) is 38.5 Å². The Labute approximate surface area is 118 Å². The molecule has 5 heteroatoms. The van der Waals surface area contributed by atoms with E-state index in [1.807, 2.05) is 18.2 Å². The minimum atomic E-state index is -0.991. The van der Waals surface area contributed by atoms with Crippen molar-refractivity contribution in [2.24, 2.45) is 11.7 Å². The van der Waals surface area contributed by atoms with E-state index in [4.69, 9.17) is 15.2 Å². The molecule has 1 aromatic rings. The number of carbonyl (C=O) groups excluding carboxylic acids is 2. The fourth-order valence-electron chi connectivity index (χ4n) is 2.17. The molecule has 5 nitrogen and oxygen atoms in total. The fourth-order valence-corrected chi connectivity index (χ4v) is 2.17. The summed E-state index contributed by atoms with van der Waals surface area (Å²) in [7, 11) is 0. The normalized spacial score (nSPS) is 26.2. The van der Waals surface area contributed by atoms with Crippen LogP contribution in [0, 0.1) is 5.92 Å². The summed E-state index contributed by atoms with van der Waals surface area (Å²) in [6.07, 6.45) is -0.687. The molecule has 0 aliphatic carbocycles. The largest absolute Gasteiger partial charge is 0.460 e. The molecule has 1 heterocycles. The highest BCUT2D eigenvalue weighted by Crippen LogP contribution is 2.36. The Morgan fingerprint density at radius 2 is 1.85 bits per heavy atom. The van der Waals surface area contributed by atoms with E-state index >= 15 is 0 Å². The number of hydrogen-bond donors (Lipinski definition) is 1. The van der Waals surface area contributed by atoms with Crippen molar-refractivity contribution < 1.29 is 19.1 Å². The van der Waals surface area contributed by atoms with Gasteiger partial charge >= 0.3 is 11.9 Å². The molecule has 0 radical (unpaired) electrons. The Morgan fingerprint density at radius 3 is 2.40 bits per heavy atom. The molecule has 0 bridgehead atoms. The zero-order valence-electron chi connectivity index (χ0n) is 11.8. The summed E-state index contributed by atoms with van der Waals surface area (Å²) in [4.78, 5) is 23.9. The van der Waals surface area contributed by atoms with Crippen LogP contribution in [0.4, 0.5) is 0 Å². The first kappa shape index (κ1) is 14.5. The van der Waals surface area contributed by atoms with Gasteiger partial charge in [0.25, 0.3) is 0 Å². The third-order valence-electron chi connectivity index (χ3n) is 3.04. The summed E-state index contributed by atoms with van der Waals surface area (Å²) in [6, 6.07) is 8.09. The number of cyclic esters (lactones) is 1. The molecule has 1 fully saturated rings. The SMILES string of the molecule is CC(C)(C)OC(=O)[C@@H]1[C@@H](c2ccccc2)OC(=O)[C@@H]1N. The van der Waals surface area contributed by atoms with Crippen LogP contribution in [0.1, 0.15) is 32.4 Å². The average Bonchev–Trinajstić information content (AvgIpc) is 2.65. The van der Waals surface area contributed by atoms with E-state index in [0.29, 0.717) is 0 Å². The molecule has 0 amide bonds. The molecule has 20 heavy (non-hydrogen) atoms. The lowest BCUT2D eigenvalue weighted by molar-refractivity contribution is -0.162. The topological polar surface area (TPSA) is 78.6 Å². The molecule has 2 N–H and O–H groups in total. The van der Waals surface area contributed by atoms with Crippen LogP contribution in [0.3, 0.4) is 0 Å². The molecule has 0 aromatic heterocycles. The Bertz CT molecular complexity index is 506. The predicted molar refractivity (Wildman–Crippen MR) is 72.6 cm³/mol. The van der Waals surface area contributed by atoms with E-state index in [9.17, 15) is 9.59 Å². The highest BCUT2D eigenvalue weighted by molar-refractivity contribution is 5.88. The van der Waals surface area contributed by atoms with Crippen LogP contribution in [0.25, 0.3) is 0 Å². The van der Waals surface area contributed by atoms with Gasteiger partial charge in [0.2, 0.25) is 0 Å². The molecule has 1 aliphatic rings. The van der Waals surface area contributed by atoms with Crippen LogP contribution in [0.2, 0.25) is 0 Å². The van der Waals surface area contributed by atoms with E-state index in [1.54, 1.807) is 32.9 Å². The van der Waals surface area contributed by atoms with Gasteiger partial charge in [0.05, 0.1) is 0 Å². The molecular formula is C15H19NO4. The standard InChI is InChI=1S/C15H19NO4/c1-15(2,3)20-13(17)10-11(16)14(18)19-12(10)9-7-5-4-6-8-9/h4-8,10-12H,16H2,1-3H3/t10-,11+,12+/m0/s1. The van der Waals surface area contributed by atoms with Gasteiger partial charge in [0.1, 0.15) is 23.7 Å². The zero-order chi connectivity index (χ0) is 14.9. The first-order valence-corrected chi connectivity index (χ1v) is 6.53. The Balaban J connectivity index is 2.27. The number of rotatable bonds is 2. The van der Waals surface area contributed by atoms with Crippen molar-refractivity contribution in [3.8, 4) is 0 Å². The van der Waals surface area contributed by atoms with Crippen LogP contribution < -0.4 is 5.73 Å². The summed E-state index contributed by atoms with van der Waals surface area (Å²) in [5, 5.41) is 0. The second kappa shape index (κ2) is 5.25. The van der Waals surface area contributed by atoms with Crippen LogP contribution in [0.5, 0.6) is 0 Å². The Hall–Kier alpha value is -1.88. The second-order valence-corrected chi connectivity index (χ2v) is 5.85. The third-order valence-corrected chi connectivity index (χ3v) is 3.04. The molecule has 1 saturated heterocycles. The molecular weight excluding hydrogens is 258 g/mol. The van der Waals surface area contributed by atoms with Crippen molar-refractivity contribution >= 4 is 11.9 Å². The molecule has 0 saturated carbocycles. The average molecular weight is 277 g/mol. The van der Waals surface area contributed by atoms with Crippen LogP contribution >= 0.6 is 0 Å². The van der Waals surface area contributed by atoms with Gasteiger partial charge in [0.15, 0.2) is 0 Å². The van der Waals surface area contributed by atoms with Crippen molar-refractivity contribution in [1.82, 2.24) is 0 Å². The number of hydrogen-bond acceptors (Lipinski definition) is 5. The lowest BCUT2D eigenvalue weighted by Crippen LogP contribution is -2.40. The second-order valence-electron chi connectivity index (χ2n) is 5.85. The highest BCUT2D eigenvalue weighted by Gasteiger charge is 2.49. The first-order valence-electron chi connectivity index (χ1n) is 6.53. The number of esters is 2. The molecule has 2 rings (SSSR count). The van der Waals surface area contributed by atoms with Crippen LogP contribution in [-0.2, 0) is 19.1 Å². The Kier molecular flexibility index (Phi) is 3.81. The van der Waals surface area contributed by atoms with Gasteiger partial charge in [-0.25, -0.2) is 0 Å². The monoisotopic (exact) mass is 277 g/mol. The van der Waals surface area contributed by atoms with E-state index < -0.39 is 35.6 Å². The summed E-state index contributed by atoms with van der Waals surface area (Å²) >= 11 is 0. The van der Waals surface area contributed by atoms with Crippen molar-refractivity contribution in [1.29, 1.82) is 0 Å². The van der Waals surface area contributed by atoms with Gasteiger partial charge in [-0.3, -0.25) is 9.59 Å². The Morgan fingerprint density at radius 1 is 1.25 bits per heavy atom. The van der Waals surface area contributed by atoms with E-state index in [0.717, 1.165) is 5.56 Å². The van der Waals surface area contributed by atoms with Crippen LogP contribution in [-0.4, -0.2) is 23.6 Å². The third kappa shape index (κ3) is 2.99. The molecule has 1 aromatic carbocycles. The van der Waals surface area contributed by atoms with Crippen molar-refractivity contribution in [2.75, 3.05) is 0 Å². The molecule has 108 valence electrons. The van der Waals surface area contributed by atoms with Crippen molar-refractivity contribution in [3.05, 3.63) is 35.9 Å². The number of ether oxygens (including phenoxy) is 2. The zero-order valence-corrected chi connectivity index (χ0v) is 11.8. The van der Waals surface area contributed by atoms with Gasteiger partial charge in [0, 0.05) is 0 Å². The van der Waals surface area contributed by atoms with Gasteiger partial charge in [-0.1, -0.05) is 30.3 Å². The van der Waals surface area contributed by atoms with Gasteiger partial charge in [-0.2, -0.15) is 0 Å². The maximum absolute atomic E-state index is 12.3. The lowest BCUT2D eigenvalue weighted by atomic mass is 9.92. The summed E-state index contributed by atoms with van der Waals surface area (Å²) < 4.78 is 10.6. The minimum absolute atomic E-state index is 0.510. The van der Waals surface area contributed by atoms with Gasteiger partial charge in [-0.05, 0) is 26.3 Å². The smallest absolute Gasteiger partial charge is 0.324 e. The summed E-state index contributed by atoms with van der Waals surface area (Å²) in [5.74, 6) is -1.90. The van der Waals surface area contributed by atoms with Gasteiger partial charge < -0.3 is 15.2 Å². The lowest BCUT2D eigenvalue weighted by Gasteiger charge is -2.24. The number of carbonyl (C=O) groups is 2. The fraction of sp³-hybridized carbons (Fsp3) is 0.467. The minimum Gasteiger partial charge on any atom is -0.460 e. The quantitative estimate of drug-likeness (QED) is 0.830. The van der Waals surface area contributed by atoms with Crippen LogP contribution in [0.15, 0.2) is 30.3 Å². The maximum atomic E-state index is 12.3. The summed E-state index contributed by atoms with van der Waals surface area (Å²) in [6.45, 7) is 5.31. The number of nitrogens with two attached hydrogens (primary N) is 1. The molecule has 0 unspecified atom stereocenters. The van der Waals surface area contributed by atoms with Crippen molar-refractivity contribution in [3.63, 3.8) is 0 Å². The molecule has 0 spiro atoms. The highest BCUT2D eigenvalue weighted by atomic mass is 16.6.